The Hall–Kier alpha value is -5.37. The van der Waals surface area contributed by atoms with E-state index in [1.165, 1.54) is 30.3 Å². The lowest BCUT2D eigenvalue weighted by molar-refractivity contribution is -0.274. The first-order valence-electron chi connectivity index (χ1n) is 13.1. The van der Waals surface area contributed by atoms with E-state index in [0.717, 1.165) is 23.8 Å². The van der Waals surface area contributed by atoms with Crippen molar-refractivity contribution in [3.63, 3.8) is 0 Å². The molecule has 4 aromatic rings. The Morgan fingerprint density at radius 2 is 1.61 bits per heavy atom. The maximum absolute atomic E-state index is 12.8. The second-order valence-electron chi connectivity index (χ2n) is 10.0. The van der Waals surface area contributed by atoms with Gasteiger partial charge in [-0.25, -0.2) is 9.59 Å². The van der Waals surface area contributed by atoms with Gasteiger partial charge in [-0.05, 0) is 30.7 Å². The zero-order valence-electron chi connectivity index (χ0n) is 22.9. The van der Waals surface area contributed by atoms with Gasteiger partial charge in [0.15, 0.2) is 29.1 Å². The summed E-state index contributed by atoms with van der Waals surface area (Å²) in [5.41, 5.74) is 1.25. The molecule has 3 aromatic carbocycles. The van der Waals surface area contributed by atoms with E-state index in [9.17, 15) is 45.0 Å². The summed E-state index contributed by atoms with van der Waals surface area (Å²) in [6, 6.07) is 14.3. The van der Waals surface area contributed by atoms with Gasteiger partial charge in [-0.15, -0.1) is 0 Å². The Balaban J connectivity index is 1.36. The molecule has 1 aromatic heterocycles. The van der Waals surface area contributed by atoms with Crippen LogP contribution in [0.1, 0.15) is 11.1 Å². The summed E-state index contributed by atoms with van der Waals surface area (Å²) in [5, 5.41) is 60.5. The molecule has 228 valence electrons. The number of phenols is 3. The van der Waals surface area contributed by atoms with Crippen LogP contribution in [0.15, 0.2) is 76.0 Å². The first-order valence-corrected chi connectivity index (χ1v) is 13.1. The number of phenolic OH excluding ortho intramolecular Hbond substituents is 3. The van der Waals surface area contributed by atoms with Crippen LogP contribution in [0.4, 0.5) is 0 Å². The normalized spacial score (nSPS) is 21.8. The van der Waals surface area contributed by atoms with Gasteiger partial charge in [-0.2, -0.15) is 0 Å². The van der Waals surface area contributed by atoms with Gasteiger partial charge in [0, 0.05) is 29.8 Å². The molecule has 1 aliphatic heterocycles. The number of aliphatic carboxylic acids is 1. The van der Waals surface area contributed by atoms with Gasteiger partial charge < -0.3 is 49.3 Å². The molecule has 6 N–H and O–H groups in total. The number of aliphatic hydroxyl groups excluding tert-OH is 2. The Morgan fingerprint density at radius 1 is 0.886 bits per heavy atom. The molecule has 1 aliphatic rings. The van der Waals surface area contributed by atoms with E-state index < -0.39 is 59.6 Å². The van der Waals surface area contributed by atoms with Crippen molar-refractivity contribution >= 4 is 29.0 Å². The summed E-state index contributed by atoms with van der Waals surface area (Å²) >= 11 is 0. The third-order valence-corrected chi connectivity index (χ3v) is 6.82. The van der Waals surface area contributed by atoms with Gasteiger partial charge in [0.1, 0.15) is 40.4 Å². The van der Waals surface area contributed by atoms with Gasteiger partial charge >= 0.3 is 11.9 Å². The van der Waals surface area contributed by atoms with Crippen LogP contribution in [-0.4, -0.2) is 73.3 Å². The molecule has 0 spiro atoms. The largest absolute Gasteiger partial charge is 0.507 e. The number of aryl methyl sites for hydroxylation is 1. The molecule has 44 heavy (non-hydrogen) atoms. The molecule has 5 rings (SSSR count). The lowest BCUT2D eigenvalue weighted by Crippen LogP contribution is -2.62. The topological polar surface area (TPSA) is 213 Å². The van der Waals surface area contributed by atoms with Crippen LogP contribution < -0.4 is 10.2 Å². The Labute approximate surface area is 248 Å². The number of benzene rings is 3. The fraction of sp³-hybridized carbons (Fsp3) is 0.194. The number of carbonyl (C=O) groups excluding carboxylic acids is 1. The molecule has 0 aliphatic carbocycles. The number of fused-ring (bicyclic) bond motifs is 1. The monoisotopic (exact) mass is 606 g/mol. The van der Waals surface area contributed by atoms with Crippen LogP contribution in [0.2, 0.25) is 0 Å². The highest BCUT2D eigenvalue weighted by molar-refractivity contribution is 5.88. The fourth-order valence-electron chi connectivity index (χ4n) is 4.55. The Kier molecular flexibility index (Phi) is 8.27. The highest BCUT2D eigenvalue weighted by atomic mass is 16.7. The molecule has 0 saturated carbocycles. The van der Waals surface area contributed by atoms with Crippen LogP contribution in [0, 0.1) is 6.92 Å². The van der Waals surface area contributed by atoms with E-state index in [-0.39, 0.29) is 28.2 Å². The zero-order chi connectivity index (χ0) is 31.7. The lowest BCUT2D eigenvalue weighted by Gasteiger charge is -2.39. The fourth-order valence-corrected chi connectivity index (χ4v) is 4.55. The minimum Gasteiger partial charge on any atom is -0.507 e. The number of aliphatic hydroxyl groups is 2. The van der Waals surface area contributed by atoms with Gasteiger partial charge in [0.05, 0.1) is 0 Å². The zero-order valence-corrected chi connectivity index (χ0v) is 22.9. The second kappa shape index (κ2) is 12.1. The summed E-state index contributed by atoms with van der Waals surface area (Å²) in [6.07, 6.45) is -7.54. The predicted octanol–water partition coefficient (Wildman–Crippen LogP) is 2.42. The minimum absolute atomic E-state index is 0.0794. The molecule has 1 fully saturated rings. The van der Waals surface area contributed by atoms with E-state index >= 15 is 0 Å². The number of carboxylic acids is 1. The summed E-state index contributed by atoms with van der Waals surface area (Å²) < 4.78 is 21.8. The summed E-state index contributed by atoms with van der Waals surface area (Å²) in [7, 11) is 0. The number of carboxylic acid groups (broad SMARTS) is 1. The van der Waals surface area contributed by atoms with Crippen molar-refractivity contribution in [1.82, 2.24) is 0 Å². The summed E-state index contributed by atoms with van der Waals surface area (Å²) in [6.45, 7) is 1.89. The van der Waals surface area contributed by atoms with E-state index in [4.69, 9.17) is 18.6 Å². The molecule has 13 heteroatoms. The summed E-state index contributed by atoms with van der Waals surface area (Å²) in [5.74, 6) is -4.09. The Morgan fingerprint density at radius 3 is 2.30 bits per heavy atom. The maximum atomic E-state index is 12.8. The van der Waals surface area contributed by atoms with Crippen molar-refractivity contribution < 1.29 is 58.9 Å². The summed E-state index contributed by atoms with van der Waals surface area (Å²) in [4.78, 5) is 37.2. The minimum atomic E-state index is -2.00. The molecule has 2 heterocycles. The smallest absolute Gasteiger partial charge is 0.337 e. The van der Waals surface area contributed by atoms with Gasteiger partial charge in [-0.3, -0.25) is 4.79 Å². The van der Waals surface area contributed by atoms with Gasteiger partial charge in [-0.1, -0.05) is 35.9 Å². The highest BCUT2D eigenvalue weighted by Gasteiger charge is 2.51. The third kappa shape index (κ3) is 6.20. The molecule has 5 atom stereocenters. The van der Waals surface area contributed by atoms with E-state index in [1.807, 2.05) is 19.1 Å². The van der Waals surface area contributed by atoms with Crippen LogP contribution in [0.25, 0.3) is 28.4 Å². The maximum Gasteiger partial charge on any atom is 0.337 e. The molecule has 5 unspecified atom stereocenters. The molecule has 13 nitrogen and oxygen atoms in total. The average molecular weight is 607 g/mol. The van der Waals surface area contributed by atoms with E-state index in [2.05, 4.69) is 0 Å². The molecular weight excluding hydrogens is 580 g/mol. The average Bonchev–Trinajstić information content (AvgIpc) is 2.97. The van der Waals surface area contributed by atoms with Crippen LogP contribution in [-0.2, 0) is 19.1 Å². The van der Waals surface area contributed by atoms with Crippen molar-refractivity contribution in [2.45, 2.75) is 37.6 Å². The van der Waals surface area contributed by atoms with Gasteiger partial charge in [0.2, 0.25) is 6.29 Å². The molecule has 0 amide bonds. The number of aromatic hydroxyl groups is 3. The first-order chi connectivity index (χ1) is 20.9. The SMILES string of the molecule is Cc1ccc(-c2cc(=O)c3c(O)cc(OC4OC(C(=O)O)C(OC(=O)/C=C/c5ccc(O)c(O)c5)C(O)C4O)cc3o2)cc1. The molecule has 1 saturated heterocycles. The third-order valence-electron chi connectivity index (χ3n) is 6.82. The molecule has 0 bridgehead atoms. The number of carbonyl (C=O) groups is 2. The second-order valence-corrected chi connectivity index (χ2v) is 10.0. The Bertz CT molecular complexity index is 1810. The van der Waals surface area contributed by atoms with E-state index in [1.54, 1.807) is 12.1 Å². The quantitative estimate of drug-likeness (QED) is 0.101. The van der Waals surface area contributed by atoms with Gasteiger partial charge in [0.25, 0.3) is 0 Å². The van der Waals surface area contributed by atoms with E-state index in [0.29, 0.717) is 11.1 Å². The van der Waals surface area contributed by atoms with Crippen molar-refractivity contribution in [3.05, 3.63) is 88.1 Å². The van der Waals surface area contributed by atoms with Crippen LogP contribution >= 0.6 is 0 Å². The number of esters is 1. The number of hydrogen-bond acceptors (Lipinski definition) is 12. The van der Waals surface area contributed by atoms with Crippen molar-refractivity contribution in [1.29, 1.82) is 0 Å². The molecular formula is C31H26O13. The highest BCUT2D eigenvalue weighted by Crippen LogP contribution is 2.34. The predicted molar refractivity (Wildman–Crippen MR) is 152 cm³/mol. The number of ether oxygens (including phenoxy) is 3. The van der Waals surface area contributed by atoms with Crippen molar-refractivity contribution in [3.8, 4) is 34.3 Å². The van der Waals surface area contributed by atoms with Crippen molar-refractivity contribution in [2.24, 2.45) is 0 Å². The number of hydrogen-bond donors (Lipinski definition) is 6. The van der Waals surface area contributed by atoms with Crippen molar-refractivity contribution in [2.75, 3.05) is 0 Å². The standard InChI is InChI=1S/C31H26O13/c1-14-2-6-16(7-3-14)22-13-21(35)25-20(34)11-17(12-23(25)42-22)41-31-27(38)26(37)28(29(44-31)30(39)40)43-24(36)9-5-15-4-8-18(32)19(33)10-15/h2-13,26-29,31-34,37-38H,1H3,(H,39,40)/b9-5+. The first kappa shape index (κ1) is 30.1. The van der Waals surface area contributed by atoms with Crippen LogP contribution in [0.5, 0.6) is 23.0 Å². The number of rotatable bonds is 7. The molecule has 0 radical (unpaired) electrons. The lowest BCUT2D eigenvalue weighted by atomic mass is 9.98. The van der Waals surface area contributed by atoms with Crippen LogP contribution in [0.3, 0.4) is 0 Å².